The van der Waals surface area contributed by atoms with Gasteiger partial charge < -0.3 is 9.84 Å². The third-order valence-corrected chi connectivity index (χ3v) is 3.86. The predicted octanol–water partition coefficient (Wildman–Crippen LogP) is 2.35. The molecular formula is C14H14ClFN2O2. The summed E-state index contributed by atoms with van der Waals surface area (Å²) in [6, 6.07) is 6.42. The van der Waals surface area contributed by atoms with Gasteiger partial charge in [0.1, 0.15) is 5.82 Å². The highest BCUT2D eigenvalue weighted by Crippen LogP contribution is 2.31. The highest BCUT2D eigenvalue weighted by molar-refractivity contribution is 6.31. The number of aromatic nitrogens is 2. The van der Waals surface area contributed by atoms with Crippen LogP contribution in [0.1, 0.15) is 0 Å². The molecule has 1 saturated heterocycles. The molecule has 0 unspecified atom stereocenters. The van der Waals surface area contributed by atoms with Crippen molar-refractivity contribution in [1.82, 2.24) is 9.78 Å². The van der Waals surface area contributed by atoms with Gasteiger partial charge in [0.15, 0.2) is 0 Å². The van der Waals surface area contributed by atoms with E-state index in [1.807, 2.05) is 6.07 Å². The van der Waals surface area contributed by atoms with Gasteiger partial charge in [0.2, 0.25) is 0 Å². The Morgan fingerprint density at radius 2 is 2.20 bits per heavy atom. The van der Waals surface area contributed by atoms with Crippen LogP contribution in [-0.4, -0.2) is 34.7 Å². The summed E-state index contributed by atoms with van der Waals surface area (Å²) in [7, 11) is 0. The molecule has 1 N–H and O–H groups in total. The average Bonchev–Trinajstić information content (AvgIpc) is 2.85. The van der Waals surface area contributed by atoms with E-state index in [1.54, 1.807) is 23.0 Å². The molecule has 1 aliphatic heterocycles. The maximum atomic E-state index is 13.2. The van der Waals surface area contributed by atoms with E-state index >= 15 is 0 Å². The smallest absolute Gasteiger partial charge is 0.141 e. The third-order valence-electron chi connectivity index (χ3n) is 3.57. The van der Waals surface area contributed by atoms with Crippen LogP contribution in [0.5, 0.6) is 0 Å². The fraction of sp³-hybridized carbons (Fsp3) is 0.357. The van der Waals surface area contributed by atoms with Gasteiger partial charge in [-0.2, -0.15) is 5.10 Å². The minimum Gasteiger partial charge on any atom is -0.396 e. The lowest BCUT2D eigenvalue weighted by atomic mass is 9.87. The molecule has 3 rings (SSSR count). The lowest BCUT2D eigenvalue weighted by Crippen LogP contribution is -2.48. The first-order valence-electron chi connectivity index (χ1n) is 6.29. The number of hydrogen-bond donors (Lipinski definition) is 1. The molecule has 6 heteroatoms. The topological polar surface area (TPSA) is 47.3 Å². The zero-order valence-electron chi connectivity index (χ0n) is 10.7. The van der Waals surface area contributed by atoms with Gasteiger partial charge in [-0.25, -0.2) is 4.39 Å². The van der Waals surface area contributed by atoms with Crippen molar-refractivity contribution in [3.05, 3.63) is 41.3 Å². The van der Waals surface area contributed by atoms with E-state index in [1.165, 1.54) is 6.07 Å². The van der Waals surface area contributed by atoms with Crippen LogP contribution in [0.25, 0.3) is 11.3 Å². The quantitative estimate of drug-likeness (QED) is 0.942. The molecule has 20 heavy (non-hydrogen) atoms. The Kier molecular flexibility index (Phi) is 3.50. The van der Waals surface area contributed by atoms with Gasteiger partial charge in [-0.3, -0.25) is 4.68 Å². The highest BCUT2D eigenvalue weighted by Gasteiger charge is 2.39. The summed E-state index contributed by atoms with van der Waals surface area (Å²) in [6.45, 7) is 1.65. The summed E-state index contributed by atoms with van der Waals surface area (Å²) in [5, 5.41) is 13.8. The summed E-state index contributed by atoms with van der Waals surface area (Å²) < 4.78 is 20.2. The average molecular weight is 297 g/mol. The molecule has 1 aromatic carbocycles. The Morgan fingerprint density at radius 3 is 2.80 bits per heavy atom. The van der Waals surface area contributed by atoms with Crippen LogP contribution in [0.4, 0.5) is 4.39 Å². The fourth-order valence-electron chi connectivity index (χ4n) is 2.30. The van der Waals surface area contributed by atoms with Gasteiger partial charge in [-0.05, 0) is 24.3 Å². The number of halogens is 2. The van der Waals surface area contributed by atoms with E-state index < -0.39 is 5.82 Å². The van der Waals surface area contributed by atoms with Crippen molar-refractivity contribution in [2.75, 3.05) is 19.8 Å². The SMILES string of the molecule is OCC1(Cn2nccc2-c2ccc(F)c(Cl)c2)COC1. The Bertz CT molecular complexity index is 620. The normalized spacial score (nSPS) is 16.9. The van der Waals surface area contributed by atoms with Gasteiger partial charge in [0.05, 0.1) is 42.5 Å². The number of benzene rings is 1. The molecule has 4 nitrogen and oxygen atoms in total. The van der Waals surface area contributed by atoms with E-state index in [9.17, 15) is 9.50 Å². The number of rotatable bonds is 4. The Morgan fingerprint density at radius 1 is 1.40 bits per heavy atom. The van der Waals surface area contributed by atoms with Crippen LogP contribution in [0.15, 0.2) is 30.5 Å². The lowest BCUT2D eigenvalue weighted by molar-refractivity contribution is -0.145. The summed E-state index contributed by atoms with van der Waals surface area (Å²) in [4.78, 5) is 0. The standard InChI is InChI=1S/C14H14ClFN2O2/c15-11-5-10(1-2-12(11)16)13-3-4-17-18(13)6-14(7-19)8-20-9-14/h1-5,19H,6-9H2. The van der Waals surface area contributed by atoms with Crippen molar-refractivity contribution < 1.29 is 14.2 Å². The first-order chi connectivity index (χ1) is 9.63. The molecule has 0 saturated carbocycles. The number of nitrogens with zero attached hydrogens (tertiary/aromatic N) is 2. The fourth-order valence-corrected chi connectivity index (χ4v) is 2.48. The van der Waals surface area contributed by atoms with Crippen molar-refractivity contribution in [2.24, 2.45) is 5.41 Å². The van der Waals surface area contributed by atoms with Crippen LogP contribution >= 0.6 is 11.6 Å². The predicted molar refractivity (Wildman–Crippen MR) is 73.0 cm³/mol. The minimum atomic E-state index is -0.444. The number of aliphatic hydroxyl groups excluding tert-OH is 1. The summed E-state index contributed by atoms with van der Waals surface area (Å²) in [5.41, 5.74) is 1.36. The summed E-state index contributed by atoms with van der Waals surface area (Å²) in [6.07, 6.45) is 1.68. The molecule has 106 valence electrons. The van der Waals surface area contributed by atoms with Crippen LogP contribution in [0.2, 0.25) is 5.02 Å². The molecule has 0 radical (unpaired) electrons. The van der Waals surface area contributed by atoms with Gasteiger partial charge in [-0.15, -0.1) is 0 Å². The van der Waals surface area contributed by atoms with Crippen LogP contribution in [0, 0.1) is 11.2 Å². The van der Waals surface area contributed by atoms with E-state index in [2.05, 4.69) is 5.10 Å². The van der Waals surface area contributed by atoms with Crippen molar-refractivity contribution in [2.45, 2.75) is 6.54 Å². The first-order valence-corrected chi connectivity index (χ1v) is 6.67. The monoisotopic (exact) mass is 296 g/mol. The Labute approximate surface area is 120 Å². The molecule has 1 aromatic heterocycles. The van der Waals surface area contributed by atoms with Crippen LogP contribution in [-0.2, 0) is 11.3 Å². The van der Waals surface area contributed by atoms with Crippen molar-refractivity contribution in [1.29, 1.82) is 0 Å². The number of hydrogen-bond acceptors (Lipinski definition) is 3. The van der Waals surface area contributed by atoms with Gasteiger partial charge >= 0.3 is 0 Å². The number of aliphatic hydroxyl groups is 1. The molecule has 0 atom stereocenters. The summed E-state index contributed by atoms with van der Waals surface area (Å²) in [5.74, 6) is -0.444. The molecular weight excluding hydrogens is 283 g/mol. The van der Waals surface area contributed by atoms with Crippen molar-refractivity contribution in [3.8, 4) is 11.3 Å². The molecule has 0 amide bonds. The molecule has 1 fully saturated rings. The van der Waals surface area contributed by atoms with Crippen molar-refractivity contribution >= 4 is 11.6 Å². The number of ether oxygens (including phenoxy) is 1. The second-order valence-electron chi connectivity index (χ2n) is 5.15. The Balaban J connectivity index is 1.91. The Hall–Kier alpha value is -1.43. The molecule has 0 aliphatic carbocycles. The van der Waals surface area contributed by atoms with E-state index in [0.29, 0.717) is 19.8 Å². The molecule has 0 spiro atoms. The second kappa shape index (κ2) is 5.16. The highest BCUT2D eigenvalue weighted by atomic mass is 35.5. The van der Waals surface area contributed by atoms with E-state index in [0.717, 1.165) is 11.3 Å². The minimum absolute atomic E-state index is 0.0521. The lowest BCUT2D eigenvalue weighted by Gasteiger charge is -2.39. The molecule has 2 aromatic rings. The second-order valence-corrected chi connectivity index (χ2v) is 5.56. The van der Waals surface area contributed by atoms with E-state index in [4.69, 9.17) is 16.3 Å². The summed E-state index contributed by atoms with van der Waals surface area (Å²) >= 11 is 5.82. The molecule has 2 heterocycles. The van der Waals surface area contributed by atoms with Crippen LogP contribution < -0.4 is 0 Å². The molecule has 1 aliphatic rings. The van der Waals surface area contributed by atoms with Gasteiger partial charge in [0, 0.05) is 11.8 Å². The van der Waals surface area contributed by atoms with Gasteiger partial charge in [0.25, 0.3) is 0 Å². The van der Waals surface area contributed by atoms with Gasteiger partial charge in [-0.1, -0.05) is 11.6 Å². The zero-order valence-corrected chi connectivity index (χ0v) is 11.5. The molecule has 0 bridgehead atoms. The third kappa shape index (κ3) is 2.32. The largest absolute Gasteiger partial charge is 0.396 e. The maximum Gasteiger partial charge on any atom is 0.141 e. The first kappa shape index (κ1) is 13.5. The van der Waals surface area contributed by atoms with E-state index in [-0.39, 0.29) is 17.0 Å². The maximum absolute atomic E-state index is 13.2. The van der Waals surface area contributed by atoms with Crippen molar-refractivity contribution in [3.63, 3.8) is 0 Å². The van der Waals surface area contributed by atoms with Crippen LogP contribution in [0.3, 0.4) is 0 Å². The zero-order chi connectivity index (χ0) is 14.2.